The van der Waals surface area contributed by atoms with Gasteiger partial charge in [-0.05, 0) is 34.4 Å². The highest BCUT2D eigenvalue weighted by Crippen LogP contribution is 2.21. The summed E-state index contributed by atoms with van der Waals surface area (Å²) >= 11 is 1.68. The van der Waals surface area contributed by atoms with Crippen LogP contribution in [-0.2, 0) is 11.2 Å². The van der Waals surface area contributed by atoms with Gasteiger partial charge in [-0.2, -0.15) is 11.3 Å². The molecule has 2 aromatic rings. The summed E-state index contributed by atoms with van der Waals surface area (Å²) in [4.78, 5) is 14.1. The van der Waals surface area contributed by atoms with Crippen molar-refractivity contribution in [3.63, 3.8) is 0 Å². The fourth-order valence-corrected chi connectivity index (χ4v) is 3.27. The van der Waals surface area contributed by atoms with Crippen molar-refractivity contribution in [2.24, 2.45) is 0 Å². The number of hydrogen-bond acceptors (Lipinski definition) is 3. The Morgan fingerprint density at radius 3 is 2.95 bits per heavy atom. The van der Waals surface area contributed by atoms with Gasteiger partial charge in [-0.1, -0.05) is 30.3 Å². The van der Waals surface area contributed by atoms with Gasteiger partial charge in [0.05, 0.1) is 13.2 Å². The first kappa shape index (κ1) is 15.1. The molecular formula is C17H20N2O2S. The Morgan fingerprint density at radius 2 is 2.18 bits per heavy atom. The van der Waals surface area contributed by atoms with E-state index in [1.165, 1.54) is 5.56 Å². The molecule has 1 aliphatic heterocycles. The average Bonchev–Trinajstić information content (AvgIpc) is 3.09. The van der Waals surface area contributed by atoms with Crippen LogP contribution in [0.3, 0.4) is 0 Å². The Hall–Kier alpha value is -1.85. The van der Waals surface area contributed by atoms with Crippen LogP contribution >= 0.6 is 11.3 Å². The van der Waals surface area contributed by atoms with Gasteiger partial charge in [0, 0.05) is 13.1 Å². The normalized spacial score (nSPS) is 18.2. The molecule has 1 aromatic carbocycles. The predicted octanol–water partition coefficient (Wildman–Crippen LogP) is 3.07. The summed E-state index contributed by atoms with van der Waals surface area (Å²) in [6, 6.07) is 12.2. The minimum absolute atomic E-state index is 0.000499. The van der Waals surface area contributed by atoms with E-state index in [0.717, 1.165) is 12.0 Å². The lowest BCUT2D eigenvalue weighted by Gasteiger charge is -2.33. The van der Waals surface area contributed by atoms with E-state index in [1.807, 2.05) is 35.2 Å². The van der Waals surface area contributed by atoms with Crippen LogP contribution in [0.5, 0.6) is 0 Å². The van der Waals surface area contributed by atoms with Crippen LogP contribution in [0.15, 0.2) is 47.2 Å². The van der Waals surface area contributed by atoms with E-state index in [9.17, 15) is 4.79 Å². The van der Waals surface area contributed by atoms with Gasteiger partial charge < -0.3 is 15.0 Å². The predicted molar refractivity (Wildman–Crippen MR) is 88.1 cm³/mol. The van der Waals surface area contributed by atoms with Gasteiger partial charge >= 0.3 is 6.03 Å². The summed E-state index contributed by atoms with van der Waals surface area (Å²) in [5, 5.41) is 7.18. The molecule has 0 saturated carbocycles. The third-order valence-electron chi connectivity index (χ3n) is 3.80. The molecule has 1 aromatic heterocycles. The molecule has 1 atom stereocenters. The quantitative estimate of drug-likeness (QED) is 0.942. The minimum atomic E-state index is -0.0300. The number of benzene rings is 1. The monoisotopic (exact) mass is 316 g/mol. The molecule has 0 bridgehead atoms. The summed E-state index contributed by atoms with van der Waals surface area (Å²) in [6.45, 7) is 2.50. The van der Waals surface area contributed by atoms with E-state index in [-0.39, 0.29) is 12.1 Å². The number of nitrogens with zero attached hydrogens (tertiary/aromatic N) is 1. The lowest BCUT2D eigenvalue weighted by Crippen LogP contribution is -2.47. The van der Waals surface area contributed by atoms with E-state index in [4.69, 9.17) is 4.74 Å². The van der Waals surface area contributed by atoms with Crippen LogP contribution in [0.25, 0.3) is 0 Å². The first-order chi connectivity index (χ1) is 10.8. The summed E-state index contributed by atoms with van der Waals surface area (Å²) in [6.07, 6.45) is 0.847. The number of amides is 2. The molecule has 0 unspecified atom stereocenters. The van der Waals surface area contributed by atoms with E-state index >= 15 is 0 Å². The molecule has 2 amide bonds. The summed E-state index contributed by atoms with van der Waals surface area (Å²) in [7, 11) is 0. The maximum atomic E-state index is 12.3. The van der Waals surface area contributed by atoms with E-state index in [0.29, 0.717) is 26.2 Å². The third-order valence-corrected chi connectivity index (χ3v) is 4.53. The maximum Gasteiger partial charge on any atom is 0.317 e. The van der Waals surface area contributed by atoms with E-state index < -0.39 is 0 Å². The molecule has 1 fully saturated rings. The molecule has 1 saturated heterocycles. The van der Waals surface area contributed by atoms with Gasteiger partial charge in [-0.25, -0.2) is 4.79 Å². The topological polar surface area (TPSA) is 41.6 Å². The molecule has 5 heteroatoms. The number of carbonyl (C=O) groups is 1. The maximum absolute atomic E-state index is 12.3. The van der Waals surface area contributed by atoms with Crippen LogP contribution in [0, 0.1) is 0 Å². The molecule has 4 nitrogen and oxygen atoms in total. The highest BCUT2D eigenvalue weighted by atomic mass is 32.1. The Balaban J connectivity index is 1.49. The Morgan fingerprint density at radius 1 is 1.32 bits per heavy atom. The molecule has 3 rings (SSSR count). The summed E-state index contributed by atoms with van der Waals surface area (Å²) < 4.78 is 5.79. The van der Waals surface area contributed by atoms with Crippen molar-refractivity contribution in [2.75, 3.05) is 26.2 Å². The van der Waals surface area contributed by atoms with Crippen LogP contribution in [-0.4, -0.2) is 37.2 Å². The SMILES string of the molecule is O=C(NCCc1ccsc1)N1CCO[C@@H](c2ccccc2)C1. The lowest BCUT2D eigenvalue weighted by atomic mass is 10.1. The van der Waals surface area contributed by atoms with Crippen molar-refractivity contribution in [1.82, 2.24) is 10.2 Å². The van der Waals surface area contributed by atoms with Crippen LogP contribution in [0.2, 0.25) is 0 Å². The molecule has 0 radical (unpaired) electrons. The Bertz CT molecular complexity index is 586. The van der Waals surface area contributed by atoms with Crippen molar-refractivity contribution in [3.8, 4) is 0 Å². The van der Waals surface area contributed by atoms with E-state index in [1.54, 1.807) is 11.3 Å². The zero-order valence-corrected chi connectivity index (χ0v) is 13.2. The molecule has 0 aliphatic carbocycles. The molecule has 1 N–H and O–H groups in total. The van der Waals surface area contributed by atoms with Crippen LogP contribution in [0.1, 0.15) is 17.2 Å². The standard InChI is InChI=1S/C17H20N2O2S/c20-17(18-8-6-14-7-11-22-13-14)19-9-10-21-16(12-19)15-4-2-1-3-5-15/h1-5,7,11,13,16H,6,8-10,12H2,(H,18,20)/t16-/m1/s1. The van der Waals surface area contributed by atoms with Crippen molar-refractivity contribution in [2.45, 2.75) is 12.5 Å². The number of rotatable bonds is 4. The second kappa shape index (κ2) is 7.42. The second-order valence-corrected chi connectivity index (χ2v) is 6.11. The smallest absolute Gasteiger partial charge is 0.317 e. The average molecular weight is 316 g/mol. The molecule has 0 spiro atoms. The number of carbonyl (C=O) groups excluding carboxylic acids is 1. The number of hydrogen-bond donors (Lipinski definition) is 1. The molecule has 1 aliphatic rings. The molecule has 2 heterocycles. The molecule has 116 valence electrons. The largest absolute Gasteiger partial charge is 0.370 e. The van der Waals surface area contributed by atoms with Crippen molar-refractivity contribution >= 4 is 17.4 Å². The Labute approximate surface area is 134 Å². The van der Waals surface area contributed by atoms with Gasteiger partial charge in [-0.15, -0.1) is 0 Å². The second-order valence-electron chi connectivity index (χ2n) is 5.33. The molecule has 22 heavy (non-hydrogen) atoms. The summed E-state index contributed by atoms with van der Waals surface area (Å²) in [5.41, 5.74) is 2.40. The first-order valence-electron chi connectivity index (χ1n) is 7.53. The van der Waals surface area contributed by atoms with Crippen molar-refractivity contribution in [1.29, 1.82) is 0 Å². The zero-order chi connectivity index (χ0) is 15.2. The first-order valence-corrected chi connectivity index (χ1v) is 8.47. The molecular weight excluding hydrogens is 296 g/mol. The number of thiophene rings is 1. The summed E-state index contributed by atoms with van der Waals surface area (Å²) in [5.74, 6) is 0. The van der Waals surface area contributed by atoms with Crippen LogP contribution in [0.4, 0.5) is 4.79 Å². The van der Waals surface area contributed by atoms with Gasteiger partial charge in [0.15, 0.2) is 0 Å². The number of ether oxygens (including phenoxy) is 1. The van der Waals surface area contributed by atoms with Gasteiger partial charge in [0.25, 0.3) is 0 Å². The number of nitrogens with one attached hydrogen (secondary N) is 1. The van der Waals surface area contributed by atoms with Crippen LogP contribution < -0.4 is 5.32 Å². The Kier molecular flexibility index (Phi) is 5.08. The lowest BCUT2D eigenvalue weighted by molar-refractivity contribution is -0.0153. The van der Waals surface area contributed by atoms with Gasteiger partial charge in [0.2, 0.25) is 0 Å². The van der Waals surface area contributed by atoms with E-state index in [2.05, 4.69) is 22.1 Å². The number of urea groups is 1. The fraction of sp³-hybridized carbons (Fsp3) is 0.353. The van der Waals surface area contributed by atoms with Gasteiger partial charge in [-0.3, -0.25) is 0 Å². The number of morpholine rings is 1. The fourth-order valence-electron chi connectivity index (χ4n) is 2.56. The highest BCUT2D eigenvalue weighted by Gasteiger charge is 2.24. The minimum Gasteiger partial charge on any atom is -0.370 e. The van der Waals surface area contributed by atoms with Crippen molar-refractivity contribution in [3.05, 3.63) is 58.3 Å². The van der Waals surface area contributed by atoms with Crippen molar-refractivity contribution < 1.29 is 9.53 Å². The zero-order valence-electron chi connectivity index (χ0n) is 12.4. The highest BCUT2D eigenvalue weighted by molar-refractivity contribution is 7.07. The third kappa shape index (κ3) is 3.87. The van der Waals surface area contributed by atoms with Gasteiger partial charge in [0.1, 0.15) is 6.10 Å².